The molecule has 0 aromatic carbocycles. The standard InChI is InChI=1S/C14H17F9O2/c1-3-10(2,9(24)25-8-6-4-5-7-8)11(15,16)12(17,18)13(19,20)14(21,22)23/h8H,3-7H2,1-2H3. The highest BCUT2D eigenvalue weighted by Crippen LogP contribution is 2.59. The molecular weight excluding hydrogens is 371 g/mol. The fourth-order valence-electron chi connectivity index (χ4n) is 2.50. The van der Waals surface area contributed by atoms with Gasteiger partial charge in [0.15, 0.2) is 0 Å². The van der Waals surface area contributed by atoms with Crippen LogP contribution in [0.15, 0.2) is 0 Å². The molecule has 0 aromatic heterocycles. The highest BCUT2D eigenvalue weighted by atomic mass is 19.4. The zero-order valence-corrected chi connectivity index (χ0v) is 13.3. The quantitative estimate of drug-likeness (QED) is 0.453. The molecule has 0 bridgehead atoms. The molecule has 0 amide bonds. The zero-order chi connectivity index (χ0) is 19.9. The molecule has 0 spiro atoms. The molecule has 11 heteroatoms. The van der Waals surface area contributed by atoms with Gasteiger partial charge in [0.2, 0.25) is 0 Å². The van der Waals surface area contributed by atoms with Crippen LogP contribution in [0.4, 0.5) is 39.5 Å². The predicted octanol–water partition coefficient (Wildman–Crippen LogP) is 5.36. The molecule has 1 saturated carbocycles. The van der Waals surface area contributed by atoms with Crippen LogP contribution in [-0.4, -0.2) is 36.0 Å². The smallest absolute Gasteiger partial charge is 0.460 e. The maximum Gasteiger partial charge on any atom is 0.460 e. The molecule has 1 unspecified atom stereocenters. The SMILES string of the molecule is CCC(C)(C(=O)OC1CCCC1)C(F)(F)C(F)(F)C(F)(F)C(F)(F)F. The van der Waals surface area contributed by atoms with E-state index in [4.69, 9.17) is 0 Å². The van der Waals surface area contributed by atoms with E-state index in [0.717, 1.165) is 6.92 Å². The first-order chi connectivity index (χ1) is 11.1. The molecule has 1 atom stereocenters. The summed E-state index contributed by atoms with van der Waals surface area (Å²) in [5.74, 6) is -21.8. The molecule has 0 N–H and O–H groups in total. The van der Waals surface area contributed by atoms with Crippen LogP contribution in [0, 0.1) is 5.41 Å². The minimum absolute atomic E-state index is 0.199. The molecule has 1 rings (SSSR count). The van der Waals surface area contributed by atoms with Crippen molar-refractivity contribution in [2.24, 2.45) is 5.41 Å². The zero-order valence-electron chi connectivity index (χ0n) is 13.3. The van der Waals surface area contributed by atoms with Gasteiger partial charge in [0.05, 0.1) is 0 Å². The van der Waals surface area contributed by atoms with Gasteiger partial charge in [-0.25, -0.2) is 0 Å². The molecule has 1 fully saturated rings. The first kappa shape index (κ1) is 21.9. The van der Waals surface area contributed by atoms with Gasteiger partial charge in [-0.2, -0.15) is 39.5 Å². The first-order valence-electron chi connectivity index (χ1n) is 7.47. The van der Waals surface area contributed by atoms with Gasteiger partial charge in [-0.3, -0.25) is 4.79 Å². The summed E-state index contributed by atoms with van der Waals surface area (Å²) in [6.45, 7) is 0.996. The molecule has 0 saturated heterocycles. The second-order valence-corrected chi connectivity index (χ2v) is 6.22. The second-order valence-electron chi connectivity index (χ2n) is 6.22. The van der Waals surface area contributed by atoms with Gasteiger partial charge < -0.3 is 4.74 Å². The Labute approximate surface area is 137 Å². The summed E-state index contributed by atoms with van der Waals surface area (Å²) in [4.78, 5) is 12.0. The van der Waals surface area contributed by atoms with Crippen molar-refractivity contribution >= 4 is 5.97 Å². The average molecular weight is 388 g/mol. The molecule has 0 aromatic rings. The number of carbonyl (C=O) groups excluding carboxylic acids is 1. The summed E-state index contributed by atoms with van der Waals surface area (Å²) >= 11 is 0. The van der Waals surface area contributed by atoms with E-state index in [-0.39, 0.29) is 19.8 Å². The number of ether oxygens (including phenoxy) is 1. The van der Waals surface area contributed by atoms with Gasteiger partial charge in [0, 0.05) is 0 Å². The third-order valence-corrected chi connectivity index (χ3v) is 4.57. The highest BCUT2D eigenvalue weighted by molar-refractivity contribution is 5.78. The van der Waals surface area contributed by atoms with E-state index in [1.54, 1.807) is 0 Å². The van der Waals surface area contributed by atoms with Crippen LogP contribution in [-0.2, 0) is 9.53 Å². The molecule has 1 aliphatic carbocycles. The van der Waals surface area contributed by atoms with E-state index in [1.165, 1.54) is 0 Å². The Balaban J connectivity index is 3.26. The monoisotopic (exact) mass is 388 g/mol. The Hall–Kier alpha value is -1.16. The maximum atomic E-state index is 14.2. The number of alkyl halides is 9. The minimum Gasteiger partial charge on any atom is -0.462 e. The van der Waals surface area contributed by atoms with Crippen molar-refractivity contribution in [3.05, 3.63) is 0 Å². The van der Waals surface area contributed by atoms with Gasteiger partial charge in [0.25, 0.3) is 0 Å². The number of hydrogen-bond donors (Lipinski definition) is 0. The number of rotatable bonds is 6. The van der Waals surface area contributed by atoms with Gasteiger partial charge in [-0.15, -0.1) is 0 Å². The lowest BCUT2D eigenvalue weighted by Gasteiger charge is -2.42. The average Bonchev–Trinajstić information content (AvgIpc) is 2.97. The van der Waals surface area contributed by atoms with Crippen molar-refractivity contribution < 1.29 is 49.0 Å². The van der Waals surface area contributed by atoms with Gasteiger partial charge >= 0.3 is 29.9 Å². The summed E-state index contributed by atoms with van der Waals surface area (Å²) in [7, 11) is 0. The number of hydrogen-bond acceptors (Lipinski definition) is 2. The Morgan fingerprint density at radius 1 is 0.880 bits per heavy atom. The Morgan fingerprint density at radius 3 is 1.68 bits per heavy atom. The minimum atomic E-state index is -7.03. The van der Waals surface area contributed by atoms with Crippen LogP contribution < -0.4 is 0 Å². The van der Waals surface area contributed by atoms with Gasteiger partial charge in [0.1, 0.15) is 11.5 Å². The predicted molar refractivity (Wildman–Crippen MR) is 67.6 cm³/mol. The Morgan fingerprint density at radius 2 is 1.32 bits per heavy atom. The van der Waals surface area contributed by atoms with E-state index in [0.29, 0.717) is 12.8 Å². The van der Waals surface area contributed by atoms with E-state index in [9.17, 15) is 44.3 Å². The summed E-state index contributed by atoms with van der Waals surface area (Å²) in [6, 6.07) is 0. The largest absolute Gasteiger partial charge is 0.462 e. The molecule has 148 valence electrons. The van der Waals surface area contributed by atoms with Crippen LogP contribution >= 0.6 is 0 Å². The maximum absolute atomic E-state index is 14.2. The fraction of sp³-hybridized carbons (Fsp3) is 0.929. The van der Waals surface area contributed by atoms with Crippen molar-refractivity contribution in [1.29, 1.82) is 0 Å². The second kappa shape index (κ2) is 6.53. The van der Waals surface area contributed by atoms with Gasteiger partial charge in [-0.1, -0.05) is 6.92 Å². The van der Waals surface area contributed by atoms with E-state index in [2.05, 4.69) is 4.74 Å². The summed E-state index contributed by atoms with van der Waals surface area (Å²) < 4.78 is 123. The Kier molecular flexibility index (Phi) is 5.72. The number of carbonyl (C=O) groups is 1. The third-order valence-electron chi connectivity index (χ3n) is 4.57. The van der Waals surface area contributed by atoms with Crippen LogP contribution in [0.5, 0.6) is 0 Å². The number of halogens is 9. The molecule has 1 aliphatic rings. The first-order valence-corrected chi connectivity index (χ1v) is 7.47. The third kappa shape index (κ3) is 3.30. The fourth-order valence-corrected chi connectivity index (χ4v) is 2.50. The van der Waals surface area contributed by atoms with E-state index < -0.39 is 47.9 Å². The van der Waals surface area contributed by atoms with E-state index >= 15 is 0 Å². The van der Waals surface area contributed by atoms with E-state index in [1.807, 2.05) is 0 Å². The molecule has 0 radical (unpaired) electrons. The van der Waals surface area contributed by atoms with Crippen LogP contribution in [0.25, 0.3) is 0 Å². The Bertz CT molecular complexity index is 495. The van der Waals surface area contributed by atoms with Crippen LogP contribution in [0.2, 0.25) is 0 Å². The lowest BCUT2D eigenvalue weighted by molar-refractivity contribution is -0.409. The highest BCUT2D eigenvalue weighted by Gasteiger charge is 2.85. The van der Waals surface area contributed by atoms with Crippen molar-refractivity contribution in [3.8, 4) is 0 Å². The summed E-state index contributed by atoms with van der Waals surface area (Å²) in [5, 5.41) is 0. The van der Waals surface area contributed by atoms with Crippen molar-refractivity contribution in [2.45, 2.75) is 76.0 Å². The normalized spacial score (nSPS) is 20.4. The van der Waals surface area contributed by atoms with Crippen LogP contribution in [0.1, 0.15) is 46.0 Å². The molecule has 25 heavy (non-hydrogen) atoms. The van der Waals surface area contributed by atoms with Crippen molar-refractivity contribution in [3.63, 3.8) is 0 Å². The topological polar surface area (TPSA) is 26.3 Å². The summed E-state index contributed by atoms with van der Waals surface area (Å²) in [6.07, 6.45) is -7.21. The molecule has 2 nitrogen and oxygen atoms in total. The molecule has 0 aliphatic heterocycles. The molecule has 0 heterocycles. The summed E-state index contributed by atoms with van der Waals surface area (Å²) in [5.41, 5.74) is -3.56. The lowest BCUT2D eigenvalue weighted by Crippen LogP contribution is -2.67. The number of esters is 1. The lowest BCUT2D eigenvalue weighted by atomic mass is 9.76. The van der Waals surface area contributed by atoms with Crippen molar-refractivity contribution in [1.82, 2.24) is 0 Å². The van der Waals surface area contributed by atoms with Gasteiger partial charge in [-0.05, 0) is 39.0 Å². The van der Waals surface area contributed by atoms with Crippen molar-refractivity contribution in [2.75, 3.05) is 0 Å². The molecular formula is C14H17F9O2. The van der Waals surface area contributed by atoms with Crippen LogP contribution in [0.3, 0.4) is 0 Å².